The third kappa shape index (κ3) is 1.97. The molecule has 0 bridgehead atoms. The molecular formula is C14H18N2O2. The quantitative estimate of drug-likeness (QED) is 0.807. The molecular weight excluding hydrogens is 228 g/mol. The molecule has 2 heterocycles. The third-order valence-corrected chi connectivity index (χ3v) is 3.79. The van der Waals surface area contributed by atoms with Crippen LogP contribution in [0.2, 0.25) is 0 Å². The van der Waals surface area contributed by atoms with Gasteiger partial charge in [0.15, 0.2) is 0 Å². The Morgan fingerprint density at radius 3 is 2.94 bits per heavy atom. The van der Waals surface area contributed by atoms with Crippen molar-refractivity contribution in [2.24, 2.45) is 5.73 Å². The SMILES string of the molecule is NC1CCN(C(=O)C2CCOc3ccccc32)C1. The van der Waals surface area contributed by atoms with Crippen molar-refractivity contribution in [3.8, 4) is 5.75 Å². The molecule has 0 aromatic heterocycles. The topological polar surface area (TPSA) is 55.6 Å². The largest absolute Gasteiger partial charge is 0.493 e. The molecule has 4 nitrogen and oxygen atoms in total. The van der Waals surface area contributed by atoms with Crippen LogP contribution in [0.5, 0.6) is 5.75 Å². The lowest BCUT2D eigenvalue weighted by Crippen LogP contribution is -2.37. The molecule has 1 fully saturated rings. The Bertz CT molecular complexity index is 461. The molecule has 2 unspecified atom stereocenters. The minimum atomic E-state index is -0.0553. The lowest BCUT2D eigenvalue weighted by Gasteiger charge is -2.28. The van der Waals surface area contributed by atoms with Crippen LogP contribution in [0.3, 0.4) is 0 Å². The molecule has 18 heavy (non-hydrogen) atoms. The lowest BCUT2D eigenvalue weighted by atomic mass is 9.92. The summed E-state index contributed by atoms with van der Waals surface area (Å²) < 4.78 is 5.59. The number of carbonyl (C=O) groups is 1. The van der Waals surface area contributed by atoms with Gasteiger partial charge in [-0.2, -0.15) is 0 Å². The van der Waals surface area contributed by atoms with Crippen LogP contribution in [-0.4, -0.2) is 36.5 Å². The highest BCUT2D eigenvalue weighted by Crippen LogP contribution is 2.35. The summed E-state index contributed by atoms with van der Waals surface area (Å²) in [4.78, 5) is 14.4. The first kappa shape index (κ1) is 11.5. The van der Waals surface area contributed by atoms with Crippen LogP contribution in [-0.2, 0) is 4.79 Å². The van der Waals surface area contributed by atoms with Crippen LogP contribution in [0.25, 0.3) is 0 Å². The average molecular weight is 246 g/mol. The Morgan fingerprint density at radius 1 is 1.33 bits per heavy atom. The highest BCUT2D eigenvalue weighted by Gasteiger charge is 2.33. The van der Waals surface area contributed by atoms with E-state index < -0.39 is 0 Å². The fourth-order valence-corrected chi connectivity index (χ4v) is 2.81. The standard InChI is InChI=1S/C14H18N2O2/c15-10-5-7-16(9-10)14(17)12-6-8-18-13-4-2-1-3-11(12)13/h1-4,10,12H,5-9,15H2. The van der Waals surface area contributed by atoms with E-state index >= 15 is 0 Å². The number of benzene rings is 1. The van der Waals surface area contributed by atoms with Gasteiger partial charge >= 0.3 is 0 Å². The number of rotatable bonds is 1. The van der Waals surface area contributed by atoms with E-state index in [9.17, 15) is 4.79 Å². The molecule has 96 valence electrons. The highest BCUT2D eigenvalue weighted by atomic mass is 16.5. The molecule has 1 aromatic carbocycles. The fraction of sp³-hybridized carbons (Fsp3) is 0.500. The van der Waals surface area contributed by atoms with Crippen molar-refractivity contribution < 1.29 is 9.53 Å². The second kappa shape index (κ2) is 4.61. The zero-order valence-electron chi connectivity index (χ0n) is 10.3. The van der Waals surface area contributed by atoms with Gasteiger partial charge in [-0.05, 0) is 18.9 Å². The van der Waals surface area contributed by atoms with E-state index in [1.165, 1.54) is 0 Å². The van der Waals surface area contributed by atoms with Gasteiger partial charge in [-0.25, -0.2) is 0 Å². The Morgan fingerprint density at radius 2 is 2.17 bits per heavy atom. The molecule has 1 amide bonds. The first-order chi connectivity index (χ1) is 8.75. The normalized spacial score (nSPS) is 26.6. The van der Waals surface area contributed by atoms with Crippen molar-refractivity contribution in [2.45, 2.75) is 24.8 Å². The molecule has 0 aliphatic carbocycles. The number of likely N-dealkylation sites (tertiary alicyclic amines) is 1. The predicted octanol–water partition coefficient (Wildman–Crippen LogP) is 1.11. The zero-order valence-corrected chi connectivity index (χ0v) is 10.3. The number of hydrogen-bond acceptors (Lipinski definition) is 3. The molecule has 2 N–H and O–H groups in total. The number of ether oxygens (including phenoxy) is 1. The molecule has 2 aliphatic heterocycles. The molecule has 2 aliphatic rings. The summed E-state index contributed by atoms with van der Waals surface area (Å²) in [7, 11) is 0. The van der Waals surface area contributed by atoms with Crippen LogP contribution in [0.4, 0.5) is 0 Å². The maximum absolute atomic E-state index is 12.5. The number of fused-ring (bicyclic) bond motifs is 1. The van der Waals surface area contributed by atoms with E-state index in [1.54, 1.807) is 0 Å². The second-order valence-electron chi connectivity index (χ2n) is 5.06. The van der Waals surface area contributed by atoms with Gasteiger partial charge in [0.1, 0.15) is 5.75 Å². The number of nitrogens with two attached hydrogens (primary N) is 1. The number of para-hydroxylation sites is 1. The Labute approximate surface area is 107 Å². The van der Waals surface area contributed by atoms with Crippen molar-refractivity contribution in [3.63, 3.8) is 0 Å². The van der Waals surface area contributed by atoms with Crippen LogP contribution in [0.1, 0.15) is 24.3 Å². The minimum absolute atomic E-state index is 0.0553. The predicted molar refractivity (Wildman–Crippen MR) is 68.5 cm³/mol. The average Bonchev–Trinajstić information content (AvgIpc) is 2.84. The first-order valence-corrected chi connectivity index (χ1v) is 6.52. The van der Waals surface area contributed by atoms with E-state index in [2.05, 4.69) is 0 Å². The van der Waals surface area contributed by atoms with Crippen molar-refractivity contribution in [1.29, 1.82) is 0 Å². The van der Waals surface area contributed by atoms with Crippen LogP contribution in [0, 0.1) is 0 Å². The monoisotopic (exact) mass is 246 g/mol. The second-order valence-corrected chi connectivity index (χ2v) is 5.06. The Hall–Kier alpha value is -1.55. The van der Waals surface area contributed by atoms with Crippen molar-refractivity contribution in [3.05, 3.63) is 29.8 Å². The highest BCUT2D eigenvalue weighted by molar-refractivity contribution is 5.85. The Kier molecular flexibility index (Phi) is 2.96. The third-order valence-electron chi connectivity index (χ3n) is 3.79. The summed E-state index contributed by atoms with van der Waals surface area (Å²) in [5, 5.41) is 0. The summed E-state index contributed by atoms with van der Waals surface area (Å²) in [6.07, 6.45) is 1.68. The van der Waals surface area contributed by atoms with Gasteiger partial charge in [0.05, 0.1) is 12.5 Å². The van der Waals surface area contributed by atoms with Gasteiger partial charge in [-0.1, -0.05) is 18.2 Å². The summed E-state index contributed by atoms with van der Waals surface area (Å²) >= 11 is 0. The van der Waals surface area contributed by atoms with E-state index in [4.69, 9.17) is 10.5 Å². The first-order valence-electron chi connectivity index (χ1n) is 6.52. The van der Waals surface area contributed by atoms with Gasteiger partial charge in [-0.3, -0.25) is 4.79 Å². The summed E-state index contributed by atoms with van der Waals surface area (Å²) in [5.74, 6) is 1.00. The van der Waals surface area contributed by atoms with Crippen molar-refractivity contribution in [2.75, 3.05) is 19.7 Å². The summed E-state index contributed by atoms with van der Waals surface area (Å²) in [6, 6.07) is 7.97. The van der Waals surface area contributed by atoms with Gasteiger partial charge in [-0.15, -0.1) is 0 Å². The van der Waals surface area contributed by atoms with Crippen molar-refractivity contribution >= 4 is 5.91 Å². The van der Waals surface area contributed by atoms with E-state index in [0.29, 0.717) is 13.2 Å². The van der Waals surface area contributed by atoms with Crippen LogP contribution >= 0.6 is 0 Å². The summed E-state index contributed by atoms with van der Waals surface area (Å²) in [5.41, 5.74) is 6.89. The molecule has 4 heteroatoms. The molecule has 0 radical (unpaired) electrons. The van der Waals surface area contributed by atoms with Gasteiger partial charge < -0.3 is 15.4 Å². The lowest BCUT2D eigenvalue weighted by molar-refractivity contribution is -0.132. The summed E-state index contributed by atoms with van der Waals surface area (Å²) in [6.45, 7) is 2.10. The Balaban J connectivity index is 1.83. The molecule has 3 rings (SSSR count). The number of carbonyl (C=O) groups excluding carboxylic acids is 1. The minimum Gasteiger partial charge on any atom is -0.493 e. The number of hydrogen-bond donors (Lipinski definition) is 1. The maximum Gasteiger partial charge on any atom is 0.230 e. The smallest absolute Gasteiger partial charge is 0.230 e. The number of nitrogens with zero attached hydrogens (tertiary/aromatic N) is 1. The van der Waals surface area contributed by atoms with Crippen LogP contribution in [0.15, 0.2) is 24.3 Å². The number of amides is 1. The van der Waals surface area contributed by atoms with Gasteiger partial charge in [0.2, 0.25) is 5.91 Å². The molecule has 0 saturated carbocycles. The van der Waals surface area contributed by atoms with E-state index in [0.717, 1.165) is 30.7 Å². The van der Waals surface area contributed by atoms with Gasteiger partial charge in [0.25, 0.3) is 0 Å². The van der Waals surface area contributed by atoms with Crippen LogP contribution < -0.4 is 10.5 Å². The molecule has 1 aromatic rings. The van der Waals surface area contributed by atoms with E-state index in [-0.39, 0.29) is 17.9 Å². The fourth-order valence-electron chi connectivity index (χ4n) is 2.81. The molecule has 2 atom stereocenters. The van der Waals surface area contributed by atoms with Gasteiger partial charge in [0, 0.05) is 24.7 Å². The molecule has 0 spiro atoms. The maximum atomic E-state index is 12.5. The van der Waals surface area contributed by atoms with E-state index in [1.807, 2.05) is 29.2 Å². The van der Waals surface area contributed by atoms with Crippen molar-refractivity contribution in [1.82, 2.24) is 4.90 Å². The zero-order chi connectivity index (χ0) is 12.5. The molecule has 1 saturated heterocycles.